The van der Waals surface area contributed by atoms with Crippen LogP contribution in [0.5, 0.6) is 0 Å². The van der Waals surface area contributed by atoms with Crippen LogP contribution in [0.2, 0.25) is 5.02 Å². The summed E-state index contributed by atoms with van der Waals surface area (Å²) in [6.45, 7) is 3.91. The lowest BCUT2D eigenvalue weighted by molar-refractivity contribution is -0.127. The summed E-state index contributed by atoms with van der Waals surface area (Å²) in [6.07, 6.45) is 7.96. The van der Waals surface area contributed by atoms with Gasteiger partial charge in [-0.25, -0.2) is 0 Å². The molecule has 1 aromatic carbocycles. The second-order valence-corrected chi connectivity index (χ2v) is 9.65. The highest BCUT2D eigenvalue weighted by Gasteiger charge is 2.53. The van der Waals surface area contributed by atoms with E-state index in [4.69, 9.17) is 11.6 Å². The number of hydrogen-bond donors (Lipinski definition) is 2. The average molecular weight is 389 g/mol. The lowest BCUT2D eigenvalue weighted by Crippen LogP contribution is -2.58. The number of hydrogen-bond acceptors (Lipinski definition) is 2. The van der Waals surface area contributed by atoms with Crippen molar-refractivity contribution in [3.05, 3.63) is 34.9 Å². The fourth-order valence-corrected chi connectivity index (χ4v) is 6.27. The minimum absolute atomic E-state index is 0.0967. The van der Waals surface area contributed by atoms with Gasteiger partial charge in [-0.2, -0.15) is 0 Å². The summed E-state index contributed by atoms with van der Waals surface area (Å²) < 4.78 is 0. The van der Waals surface area contributed by atoms with E-state index in [2.05, 4.69) is 17.6 Å². The van der Waals surface area contributed by atoms with E-state index in [1.54, 1.807) is 31.2 Å². The maximum atomic E-state index is 12.7. The Hall–Kier alpha value is -1.55. The lowest BCUT2D eigenvalue weighted by atomic mass is 9.48. The topological polar surface area (TPSA) is 58.2 Å². The number of nitrogens with one attached hydrogen (secondary N) is 2. The van der Waals surface area contributed by atoms with Gasteiger partial charge in [-0.1, -0.05) is 11.6 Å². The standard InChI is InChI=1S/C22H29ClN2O2/c1-13(24-21(27)18-3-5-19(23)6-4-18)20(26)25-14(2)22-10-15-7-16(11-22)9-17(8-15)12-22/h3-6,13-17H,7-12H2,1-2H3,(H,24,27)(H,25,26). The van der Waals surface area contributed by atoms with Crippen LogP contribution in [0, 0.1) is 23.2 Å². The molecular weight excluding hydrogens is 360 g/mol. The van der Waals surface area contributed by atoms with Gasteiger partial charge in [0.05, 0.1) is 0 Å². The molecule has 0 saturated heterocycles. The van der Waals surface area contributed by atoms with Crippen LogP contribution >= 0.6 is 11.6 Å². The molecule has 0 spiro atoms. The maximum Gasteiger partial charge on any atom is 0.251 e. The first kappa shape index (κ1) is 18.8. The first-order valence-electron chi connectivity index (χ1n) is 10.2. The van der Waals surface area contributed by atoms with Crippen molar-refractivity contribution in [1.82, 2.24) is 10.6 Å². The van der Waals surface area contributed by atoms with E-state index in [1.807, 2.05) is 0 Å². The molecule has 4 aliphatic rings. The first-order valence-corrected chi connectivity index (χ1v) is 10.6. The maximum absolute atomic E-state index is 12.7. The van der Waals surface area contributed by atoms with Crippen LogP contribution in [0.4, 0.5) is 0 Å². The van der Waals surface area contributed by atoms with Gasteiger partial charge in [0.2, 0.25) is 5.91 Å². The van der Waals surface area contributed by atoms with Crippen molar-refractivity contribution in [2.75, 3.05) is 0 Å². The van der Waals surface area contributed by atoms with Gasteiger partial charge >= 0.3 is 0 Å². The van der Waals surface area contributed by atoms with Gasteiger partial charge in [-0.05, 0) is 99.8 Å². The highest BCUT2D eigenvalue weighted by molar-refractivity contribution is 6.30. The molecule has 5 heteroatoms. The Morgan fingerprint density at radius 2 is 1.48 bits per heavy atom. The summed E-state index contributed by atoms with van der Waals surface area (Å²) in [5, 5.41) is 6.61. The quantitative estimate of drug-likeness (QED) is 0.794. The van der Waals surface area contributed by atoms with E-state index in [0.29, 0.717) is 10.6 Å². The molecule has 0 radical (unpaired) electrons. The molecule has 5 rings (SSSR count). The van der Waals surface area contributed by atoms with Crippen molar-refractivity contribution in [3.63, 3.8) is 0 Å². The Morgan fingerprint density at radius 1 is 0.963 bits per heavy atom. The van der Waals surface area contributed by atoms with E-state index in [9.17, 15) is 9.59 Å². The Morgan fingerprint density at radius 3 is 2.00 bits per heavy atom. The van der Waals surface area contributed by atoms with Crippen LogP contribution in [0.25, 0.3) is 0 Å². The Kier molecular flexibility index (Phi) is 4.96. The molecule has 0 aromatic heterocycles. The predicted octanol–water partition coefficient (Wildman–Crippen LogP) is 4.18. The summed E-state index contributed by atoms with van der Waals surface area (Å²) in [4.78, 5) is 25.1. The lowest BCUT2D eigenvalue weighted by Gasteiger charge is -2.59. The zero-order valence-electron chi connectivity index (χ0n) is 16.1. The van der Waals surface area contributed by atoms with E-state index in [-0.39, 0.29) is 23.3 Å². The third-order valence-electron chi connectivity index (χ3n) is 7.21. The number of amides is 2. The zero-order chi connectivity index (χ0) is 19.2. The highest BCUT2D eigenvalue weighted by Crippen LogP contribution is 2.61. The van der Waals surface area contributed by atoms with Crippen molar-refractivity contribution in [3.8, 4) is 0 Å². The molecule has 4 aliphatic carbocycles. The third kappa shape index (κ3) is 3.73. The largest absolute Gasteiger partial charge is 0.351 e. The molecule has 0 heterocycles. The molecule has 2 amide bonds. The molecule has 4 bridgehead atoms. The van der Waals surface area contributed by atoms with E-state index in [0.717, 1.165) is 17.8 Å². The van der Waals surface area contributed by atoms with Crippen molar-refractivity contribution >= 4 is 23.4 Å². The van der Waals surface area contributed by atoms with Crippen LogP contribution < -0.4 is 10.6 Å². The number of halogens is 1. The molecule has 4 fully saturated rings. The van der Waals surface area contributed by atoms with Crippen molar-refractivity contribution in [1.29, 1.82) is 0 Å². The fourth-order valence-electron chi connectivity index (χ4n) is 6.15. The van der Waals surface area contributed by atoms with Gasteiger partial charge < -0.3 is 10.6 Å². The molecular formula is C22H29ClN2O2. The molecule has 27 heavy (non-hydrogen) atoms. The van der Waals surface area contributed by atoms with Crippen molar-refractivity contribution < 1.29 is 9.59 Å². The minimum atomic E-state index is -0.565. The number of carbonyl (C=O) groups is 2. The summed E-state index contributed by atoms with van der Waals surface area (Å²) in [6, 6.07) is 6.28. The molecule has 1 aromatic rings. The predicted molar refractivity (Wildman–Crippen MR) is 107 cm³/mol. The van der Waals surface area contributed by atoms with Crippen LogP contribution in [0.1, 0.15) is 62.7 Å². The summed E-state index contributed by atoms with van der Waals surface area (Å²) >= 11 is 5.86. The van der Waals surface area contributed by atoms with Gasteiger partial charge in [-0.15, -0.1) is 0 Å². The van der Waals surface area contributed by atoms with Gasteiger partial charge in [-0.3, -0.25) is 9.59 Å². The van der Waals surface area contributed by atoms with Crippen molar-refractivity contribution in [2.45, 2.75) is 64.5 Å². The summed E-state index contributed by atoms with van der Waals surface area (Å²) in [7, 11) is 0. The van der Waals surface area contributed by atoms with Gasteiger partial charge in [0.25, 0.3) is 5.91 Å². The summed E-state index contributed by atoms with van der Waals surface area (Å²) in [5.41, 5.74) is 0.776. The number of benzene rings is 1. The number of rotatable bonds is 5. The number of carbonyl (C=O) groups excluding carboxylic acids is 2. The van der Waals surface area contributed by atoms with Gasteiger partial charge in [0.15, 0.2) is 0 Å². The Balaban J connectivity index is 1.35. The van der Waals surface area contributed by atoms with E-state index < -0.39 is 6.04 Å². The SMILES string of the molecule is CC(NC(=O)c1ccc(Cl)cc1)C(=O)NC(C)C12CC3CC(CC(C3)C1)C2. The molecule has 2 unspecified atom stereocenters. The molecule has 2 atom stereocenters. The van der Waals surface area contributed by atoms with Crippen LogP contribution in [-0.2, 0) is 4.79 Å². The molecule has 4 nitrogen and oxygen atoms in total. The normalized spacial score (nSPS) is 33.4. The molecule has 146 valence electrons. The molecule has 0 aliphatic heterocycles. The van der Waals surface area contributed by atoms with Crippen LogP contribution in [-0.4, -0.2) is 23.9 Å². The van der Waals surface area contributed by atoms with Crippen LogP contribution in [0.3, 0.4) is 0 Å². The first-order chi connectivity index (χ1) is 12.8. The average Bonchev–Trinajstić information content (AvgIpc) is 2.60. The van der Waals surface area contributed by atoms with Crippen LogP contribution in [0.15, 0.2) is 24.3 Å². The van der Waals surface area contributed by atoms with E-state index >= 15 is 0 Å². The summed E-state index contributed by atoms with van der Waals surface area (Å²) in [5.74, 6) is 2.23. The zero-order valence-corrected chi connectivity index (χ0v) is 16.9. The second kappa shape index (κ2) is 7.12. The molecule has 2 N–H and O–H groups in total. The Labute approximate surface area is 166 Å². The van der Waals surface area contributed by atoms with Crippen molar-refractivity contribution in [2.24, 2.45) is 23.2 Å². The second-order valence-electron chi connectivity index (χ2n) is 9.21. The smallest absolute Gasteiger partial charge is 0.251 e. The fraction of sp³-hybridized carbons (Fsp3) is 0.636. The minimum Gasteiger partial charge on any atom is -0.351 e. The third-order valence-corrected chi connectivity index (χ3v) is 7.46. The Bertz CT molecular complexity index is 695. The highest BCUT2D eigenvalue weighted by atomic mass is 35.5. The molecule has 4 saturated carbocycles. The monoisotopic (exact) mass is 388 g/mol. The van der Waals surface area contributed by atoms with E-state index in [1.165, 1.54) is 38.5 Å². The van der Waals surface area contributed by atoms with Gasteiger partial charge in [0.1, 0.15) is 6.04 Å². The van der Waals surface area contributed by atoms with Gasteiger partial charge in [0, 0.05) is 16.6 Å².